The van der Waals surface area contributed by atoms with Crippen molar-refractivity contribution in [3.05, 3.63) is 54.1 Å². The summed E-state index contributed by atoms with van der Waals surface area (Å²) in [6, 6.07) is 5.13. The minimum absolute atomic E-state index is 0.514. The first-order chi connectivity index (χ1) is 8.54. The van der Waals surface area contributed by atoms with Gasteiger partial charge in [0.05, 0.1) is 5.56 Å². The summed E-state index contributed by atoms with van der Waals surface area (Å²) >= 11 is 0. The predicted molar refractivity (Wildman–Crippen MR) is 73.4 cm³/mol. The molecule has 0 radical (unpaired) electrons. The van der Waals surface area contributed by atoms with Crippen LogP contribution in [0.3, 0.4) is 0 Å². The Morgan fingerprint density at radius 1 is 1.06 bits per heavy atom. The summed E-state index contributed by atoms with van der Waals surface area (Å²) in [5.41, 5.74) is -0.122. The average Bonchev–Trinajstić information content (AvgIpc) is 2.40. The fraction of sp³-hybridized carbons (Fsp3) is 0.333. The molecule has 1 aromatic rings. The Morgan fingerprint density at radius 3 is 2.06 bits per heavy atom. The maximum atomic E-state index is 12.2. The molecule has 0 aliphatic carbocycles. The van der Waals surface area contributed by atoms with E-state index in [0.717, 1.165) is 12.1 Å². The Morgan fingerprint density at radius 2 is 1.61 bits per heavy atom. The van der Waals surface area contributed by atoms with Crippen molar-refractivity contribution in [2.75, 3.05) is 0 Å². The van der Waals surface area contributed by atoms with E-state index >= 15 is 0 Å². The highest BCUT2D eigenvalue weighted by atomic mass is 19.4. The van der Waals surface area contributed by atoms with Gasteiger partial charge >= 0.3 is 6.18 Å². The van der Waals surface area contributed by atoms with Gasteiger partial charge in [-0.3, -0.25) is 0 Å². The molecule has 0 aromatic heterocycles. The van der Waals surface area contributed by atoms with Gasteiger partial charge in [0.1, 0.15) is 0 Å². The van der Waals surface area contributed by atoms with Gasteiger partial charge in [0.2, 0.25) is 0 Å². The highest BCUT2D eigenvalue weighted by Gasteiger charge is 2.30. The highest BCUT2D eigenvalue weighted by Crippen LogP contribution is 2.29. The maximum Gasteiger partial charge on any atom is 0.416 e. The molecule has 18 heavy (non-hydrogen) atoms. The minimum atomic E-state index is -4.28. The van der Waals surface area contributed by atoms with Crippen LogP contribution in [0, 0.1) is 0 Å². The zero-order valence-corrected chi connectivity index (χ0v) is 11.4. The van der Waals surface area contributed by atoms with E-state index in [1.807, 2.05) is 27.7 Å². The Bertz CT molecular complexity index is 349. The van der Waals surface area contributed by atoms with E-state index in [9.17, 15) is 13.2 Å². The predicted octanol–water partition coefficient (Wildman–Crippen LogP) is 5.96. The molecule has 1 aromatic carbocycles. The molecule has 0 unspecified atom stereocenters. The number of hydrogen-bond donors (Lipinski definition) is 0. The molecule has 3 heteroatoms. The van der Waals surface area contributed by atoms with Crippen LogP contribution in [0.15, 0.2) is 43.0 Å². The summed E-state index contributed by atoms with van der Waals surface area (Å²) in [6.07, 6.45) is 0.399. The summed E-state index contributed by atoms with van der Waals surface area (Å²) in [6.45, 7) is 11.4. The Hall–Kier alpha value is -1.51. The second-order valence-corrected chi connectivity index (χ2v) is 2.72. The summed E-state index contributed by atoms with van der Waals surface area (Å²) in [5.74, 6) is 0. The van der Waals surface area contributed by atoms with E-state index in [2.05, 4.69) is 6.58 Å². The summed E-state index contributed by atoms with van der Waals surface area (Å²) < 4.78 is 36.7. The summed E-state index contributed by atoms with van der Waals surface area (Å²) in [7, 11) is 0. The van der Waals surface area contributed by atoms with E-state index in [-0.39, 0.29) is 0 Å². The van der Waals surface area contributed by atoms with Crippen LogP contribution < -0.4 is 0 Å². The van der Waals surface area contributed by atoms with Crippen LogP contribution in [-0.2, 0) is 6.18 Å². The number of alkyl halides is 3. The maximum absolute atomic E-state index is 12.2. The molecule has 0 aliphatic rings. The van der Waals surface area contributed by atoms with Crippen LogP contribution in [0.2, 0.25) is 0 Å². The summed E-state index contributed by atoms with van der Waals surface area (Å²) in [4.78, 5) is 0. The van der Waals surface area contributed by atoms with Crippen LogP contribution in [0.1, 0.15) is 38.8 Å². The van der Waals surface area contributed by atoms with E-state index in [0.29, 0.717) is 5.56 Å². The van der Waals surface area contributed by atoms with E-state index < -0.39 is 11.7 Å². The molecule has 0 N–H and O–H groups in total. The average molecular weight is 258 g/mol. The van der Waals surface area contributed by atoms with E-state index in [4.69, 9.17) is 0 Å². The molecule has 0 nitrogen and oxygen atoms in total. The molecular formula is C15H21F3. The van der Waals surface area contributed by atoms with Crippen LogP contribution in [0.4, 0.5) is 13.2 Å². The van der Waals surface area contributed by atoms with Crippen molar-refractivity contribution in [3.8, 4) is 0 Å². The van der Waals surface area contributed by atoms with Crippen molar-refractivity contribution in [2.45, 2.75) is 33.9 Å². The zero-order valence-electron chi connectivity index (χ0n) is 11.4. The SMILES string of the molecule is C=C/C=C/c1cccc(C(F)(F)F)c1.CC.CC. The third-order valence-corrected chi connectivity index (χ3v) is 1.64. The van der Waals surface area contributed by atoms with Gasteiger partial charge in [-0.1, -0.05) is 64.6 Å². The summed E-state index contributed by atoms with van der Waals surface area (Å²) in [5, 5.41) is 0. The molecule has 0 fully saturated rings. The highest BCUT2D eigenvalue weighted by molar-refractivity contribution is 5.52. The molecule has 0 saturated carbocycles. The molecule has 0 atom stereocenters. The lowest BCUT2D eigenvalue weighted by Crippen LogP contribution is -2.04. The van der Waals surface area contributed by atoms with Crippen molar-refractivity contribution >= 4 is 6.08 Å². The van der Waals surface area contributed by atoms with Gasteiger partial charge in [0, 0.05) is 0 Å². The van der Waals surface area contributed by atoms with Gasteiger partial charge in [-0.15, -0.1) is 0 Å². The van der Waals surface area contributed by atoms with Crippen molar-refractivity contribution in [1.82, 2.24) is 0 Å². The van der Waals surface area contributed by atoms with Gasteiger partial charge in [-0.25, -0.2) is 0 Å². The molecular weight excluding hydrogens is 237 g/mol. The molecule has 0 saturated heterocycles. The van der Waals surface area contributed by atoms with Crippen LogP contribution in [-0.4, -0.2) is 0 Å². The third-order valence-electron chi connectivity index (χ3n) is 1.64. The Labute approximate surface area is 108 Å². The van der Waals surface area contributed by atoms with Gasteiger partial charge < -0.3 is 0 Å². The third kappa shape index (κ3) is 7.71. The molecule has 0 bridgehead atoms. The van der Waals surface area contributed by atoms with Gasteiger partial charge in [0.25, 0.3) is 0 Å². The van der Waals surface area contributed by atoms with Crippen LogP contribution in [0.5, 0.6) is 0 Å². The normalized spacial score (nSPS) is 9.94. The van der Waals surface area contributed by atoms with Crippen molar-refractivity contribution in [3.63, 3.8) is 0 Å². The number of halogens is 3. The number of rotatable bonds is 2. The van der Waals surface area contributed by atoms with E-state index in [1.54, 1.807) is 18.2 Å². The van der Waals surface area contributed by atoms with E-state index in [1.165, 1.54) is 12.1 Å². The lowest BCUT2D eigenvalue weighted by molar-refractivity contribution is -0.137. The second-order valence-electron chi connectivity index (χ2n) is 2.72. The Kier molecular flexibility index (Phi) is 11.1. The largest absolute Gasteiger partial charge is 0.416 e. The first kappa shape index (κ1) is 18.8. The van der Waals surface area contributed by atoms with Gasteiger partial charge in [-0.2, -0.15) is 13.2 Å². The standard InChI is InChI=1S/C11H9F3.2C2H6/c1-2-3-5-9-6-4-7-10(8-9)11(12,13)14;2*1-2/h2-8H,1H2;2*1-2H3/b5-3+;;. The lowest BCUT2D eigenvalue weighted by Gasteiger charge is -2.06. The van der Waals surface area contributed by atoms with Crippen LogP contribution >= 0.6 is 0 Å². The van der Waals surface area contributed by atoms with Crippen molar-refractivity contribution in [1.29, 1.82) is 0 Å². The monoisotopic (exact) mass is 258 g/mol. The fourth-order valence-corrected chi connectivity index (χ4v) is 0.998. The first-order valence-corrected chi connectivity index (χ1v) is 6.00. The molecule has 0 heterocycles. The number of benzene rings is 1. The number of allylic oxidation sites excluding steroid dienone is 2. The lowest BCUT2D eigenvalue weighted by atomic mass is 10.1. The molecule has 102 valence electrons. The second kappa shape index (κ2) is 10.6. The van der Waals surface area contributed by atoms with Gasteiger partial charge in [0.15, 0.2) is 0 Å². The van der Waals surface area contributed by atoms with Crippen LogP contribution in [0.25, 0.3) is 6.08 Å². The molecule has 0 amide bonds. The zero-order chi connectivity index (χ0) is 14.6. The topological polar surface area (TPSA) is 0 Å². The quantitative estimate of drug-likeness (QED) is 0.574. The molecule has 0 aliphatic heterocycles. The van der Waals surface area contributed by atoms with Crippen molar-refractivity contribution in [2.24, 2.45) is 0 Å². The van der Waals surface area contributed by atoms with Gasteiger partial charge in [-0.05, 0) is 17.7 Å². The molecule has 0 spiro atoms. The fourth-order valence-electron chi connectivity index (χ4n) is 0.998. The smallest absolute Gasteiger partial charge is 0.166 e. The minimum Gasteiger partial charge on any atom is -0.166 e. The first-order valence-electron chi connectivity index (χ1n) is 6.00. The molecule has 1 rings (SSSR count). The Balaban J connectivity index is 0. The number of hydrogen-bond acceptors (Lipinski definition) is 0. The van der Waals surface area contributed by atoms with Crippen molar-refractivity contribution < 1.29 is 13.2 Å².